The lowest BCUT2D eigenvalue weighted by Crippen LogP contribution is -2.43. The standard InChI is InChI=1S/C17H21NO6S2/c19-17(18-26(22,23)16-8-11-5-6-12(16)7-11)9-13-10-25(20,21)15-4-2-1-3-14(15)24-13/h1-4,11-13,16H,5-10H2,(H,18,19)/t11-,12+,13?,16?/m1/s1. The predicted molar refractivity (Wildman–Crippen MR) is 93.8 cm³/mol. The number of ether oxygens (including phenoxy) is 1. The topological polar surface area (TPSA) is 107 Å². The highest BCUT2D eigenvalue weighted by molar-refractivity contribution is 7.91. The van der Waals surface area contributed by atoms with E-state index in [0.717, 1.165) is 19.3 Å². The minimum Gasteiger partial charge on any atom is -0.487 e. The van der Waals surface area contributed by atoms with Gasteiger partial charge in [-0.2, -0.15) is 0 Å². The van der Waals surface area contributed by atoms with Gasteiger partial charge in [0, 0.05) is 0 Å². The Kier molecular flexibility index (Phi) is 4.26. The van der Waals surface area contributed by atoms with Crippen LogP contribution in [0.25, 0.3) is 0 Å². The molecule has 26 heavy (non-hydrogen) atoms. The number of nitrogens with one attached hydrogen (secondary N) is 1. The van der Waals surface area contributed by atoms with Gasteiger partial charge in [-0.15, -0.1) is 0 Å². The third-order valence-electron chi connectivity index (χ3n) is 5.62. The van der Waals surface area contributed by atoms with E-state index in [1.807, 2.05) is 0 Å². The molecule has 1 heterocycles. The van der Waals surface area contributed by atoms with E-state index < -0.39 is 37.1 Å². The Labute approximate surface area is 153 Å². The Balaban J connectivity index is 1.43. The second-order valence-corrected chi connectivity index (χ2v) is 11.4. The van der Waals surface area contributed by atoms with E-state index >= 15 is 0 Å². The zero-order chi connectivity index (χ0) is 18.5. The molecule has 0 saturated heterocycles. The molecule has 2 fully saturated rings. The molecule has 0 radical (unpaired) electrons. The van der Waals surface area contributed by atoms with Gasteiger partial charge in [-0.05, 0) is 43.2 Å². The van der Waals surface area contributed by atoms with Crippen molar-refractivity contribution < 1.29 is 26.4 Å². The number of carbonyl (C=O) groups is 1. The molecular weight excluding hydrogens is 378 g/mol. The molecule has 1 aromatic carbocycles. The molecule has 4 atom stereocenters. The summed E-state index contributed by atoms with van der Waals surface area (Å²) >= 11 is 0. The Morgan fingerprint density at radius 1 is 1.19 bits per heavy atom. The summed E-state index contributed by atoms with van der Waals surface area (Å²) in [4.78, 5) is 12.4. The van der Waals surface area contributed by atoms with Gasteiger partial charge in [0.2, 0.25) is 15.9 Å². The average Bonchev–Trinajstić information content (AvgIpc) is 3.17. The van der Waals surface area contributed by atoms with E-state index in [4.69, 9.17) is 4.74 Å². The predicted octanol–water partition coefficient (Wildman–Crippen LogP) is 1.25. The summed E-state index contributed by atoms with van der Waals surface area (Å²) in [5.74, 6) is -0.283. The molecule has 2 saturated carbocycles. The van der Waals surface area contributed by atoms with Crippen molar-refractivity contribution in [1.82, 2.24) is 4.72 Å². The van der Waals surface area contributed by atoms with Crippen LogP contribution in [0.1, 0.15) is 32.1 Å². The van der Waals surface area contributed by atoms with Crippen molar-refractivity contribution in [2.24, 2.45) is 11.8 Å². The highest BCUT2D eigenvalue weighted by Gasteiger charge is 2.46. The first-order valence-electron chi connectivity index (χ1n) is 8.77. The van der Waals surface area contributed by atoms with Gasteiger partial charge >= 0.3 is 0 Å². The largest absolute Gasteiger partial charge is 0.487 e. The summed E-state index contributed by atoms with van der Waals surface area (Å²) in [5.41, 5.74) is 0. The highest BCUT2D eigenvalue weighted by atomic mass is 32.2. The number of carbonyl (C=O) groups excluding carboxylic acids is 1. The molecular formula is C17H21NO6S2. The molecule has 2 unspecified atom stereocenters. The zero-order valence-corrected chi connectivity index (χ0v) is 15.8. The number of benzene rings is 1. The maximum absolute atomic E-state index is 12.5. The Morgan fingerprint density at radius 3 is 2.65 bits per heavy atom. The van der Waals surface area contributed by atoms with Gasteiger partial charge in [0.25, 0.3) is 0 Å². The maximum Gasteiger partial charge on any atom is 0.238 e. The van der Waals surface area contributed by atoms with Gasteiger partial charge in [-0.3, -0.25) is 9.52 Å². The molecule has 2 aliphatic carbocycles. The third-order valence-corrected chi connectivity index (χ3v) is 9.33. The van der Waals surface area contributed by atoms with E-state index in [-0.39, 0.29) is 28.7 Å². The molecule has 1 N–H and O–H groups in total. The fourth-order valence-electron chi connectivity index (χ4n) is 4.50. The van der Waals surface area contributed by atoms with Crippen LogP contribution in [0.4, 0.5) is 0 Å². The van der Waals surface area contributed by atoms with Crippen molar-refractivity contribution in [3.05, 3.63) is 24.3 Å². The fraction of sp³-hybridized carbons (Fsp3) is 0.588. The van der Waals surface area contributed by atoms with Crippen molar-refractivity contribution >= 4 is 25.8 Å². The summed E-state index contributed by atoms with van der Waals surface area (Å²) in [6, 6.07) is 6.24. The van der Waals surface area contributed by atoms with Crippen LogP contribution >= 0.6 is 0 Å². The lowest BCUT2D eigenvalue weighted by molar-refractivity contribution is -0.120. The monoisotopic (exact) mass is 399 g/mol. The van der Waals surface area contributed by atoms with Crippen LogP contribution in [0, 0.1) is 11.8 Å². The molecule has 1 aromatic rings. The number of hydrogen-bond acceptors (Lipinski definition) is 6. The Bertz CT molecular complexity index is 940. The second-order valence-electron chi connectivity index (χ2n) is 7.46. The SMILES string of the molecule is O=C(CC1CS(=O)(=O)c2ccccc2O1)NS(=O)(=O)C1C[C@@H]2CC[C@H]1C2. The average molecular weight is 399 g/mol. The van der Waals surface area contributed by atoms with E-state index in [2.05, 4.69) is 4.72 Å². The number of fused-ring (bicyclic) bond motifs is 3. The summed E-state index contributed by atoms with van der Waals surface area (Å²) in [5, 5.41) is -0.512. The summed E-state index contributed by atoms with van der Waals surface area (Å²) in [7, 11) is -7.29. The number of amides is 1. The molecule has 142 valence electrons. The van der Waals surface area contributed by atoms with Crippen molar-refractivity contribution in [3.8, 4) is 5.75 Å². The van der Waals surface area contributed by atoms with Gasteiger partial charge in [-0.1, -0.05) is 18.6 Å². The summed E-state index contributed by atoms with van der Waals surface area (Å²) in [6.45, 7) is 0. The molecule has 1 aliphatic heterocycles. The summed E-state index contributed by atoms with van der Waals surface area (Å²) < 4.78 is 57.4. The fourth-order valence-corrected chi connectivity index (χ4v) is 7.90. The first-order chi connectivity index (χ1) is 12.2. The molecule has 4 rings (SSSR count). The van der Waals surface area contributed by atoms with Crippen LogP contribution in [-0.2, 0) is 24.7 Å². The first kappa shape index (κ1) is 17.8. The van der Waals surface area contributed by atoms with E-state index in [1.165, 1.54) is 12.1 Å². The molecule has 7 nitrogen and oxygen atoms in total. The van der Waals surface area contributed by atoms with Gasteiger partial charge in [0.15, 0.2) is 9.84 Å². The van der Waals surface area contributed by atoms with Crippen molar-refractivity contribution in [1.29, 1.82) is 0 Å². The number of sulfone groups is 1. The number of rotatable bonds is 4. The quantitative estimate of drug-likeness (QED) is 0.817. The summed E-state index contributed by atoms with van der Waals surface area (Å²) in [6.07, 6.45) is 2.27. The normalized spacial score (nSPS) is 31.8. The zero-order valence-electron chi connectivity index (χ0n) is 14.1. The Hall–Kier alpha value is -1.61. The lowest BCUT2D eigenvalue weighted by atomic mass is 10.0. The van der Waals surface area contributed by atoms with Crippen molar-refractivity contribution in [3.63, 3.8) is 0 Å². The molecule has 0 aromatic heterocycles. The van der Waals surface area contributed by atoms with Crippen molar-refractivity contribution in [2.75, 3.05) is 5.75 Å². The van der Waals surface area contributed by atoms with Gasteiger partial charge in [0.05, 0.1) is 17.4 Å². The van der Waals surface area contributed by atoms with Crippen LogP contribution in [0.2, 0.25) is 0 Å². The molecule has 2 bridgehead atoms. The molecule has 9 heteroatoms. The van der Waals surface area contributed by atoms with E-state index in [9.17, 15) is 21.6 Å². The molecule has 3 aliphatic rings. The number of sulfonamides is 1. The van der Waals surface area contributed by atoms with Crippen molar-refractivity contribution in [2.45, 2.75) is 48.4 Å². The van der Waals surface area contributed by atoms with Crippen LogP contribution in [0.5, 0.6) is 5.75 Å². The molecule has 0 spiro atoms. The second kappa shape index (κ2) is 6.23. The van der Waals surface area contributed by atoms with Gasteiger partial charge in [0.1, 0.15) is 16.7 Å². The maximum atomic E-state index is 12.5. The number of para-hydroxylation sites is 1. The minimum absolute atomic E-state index is 0.103. The van der Waals surface area contributed by atoms with Crippen LogP contribution in [-0.4, -0.2) is 39.8 Å². The minimum atomic E-state index is -3.73. The first-order valence-corrected chi connectivity index (χ1v) is 12.0. The van der Waals surface area contributed by atoms with E-state index in [0.29, 0.717) is 12.3 Å². The lowest BCUT2D eigenvalue weighted by Gasteiger charge is -2.26. The Morgan fingerprint density at radius 2 is 1.96 bits per heavy atom. The van der Waals surface area contributed by atoms with Crippen LogP contribution in [0.15, 0.2) is 29.2 Å². The molecule has 1 amide bonds. The van der Waals surface area contributed by atoms with Gasteiger partial charge < -0.3 is 4.74 Å². The van der Waals surface area contributed by atoms with Crippen LogP contribution in [0.3, 0.4) is 0 Å². The number of hydrogen-bond donors (Lipinski definition) is 1. The third kappa shape index (κ3) is 3.22. The smallest absolute Gasteiger partial charge is 0.238 e. The van der Waals surface area contributed by atoms with E-state index in [1.54, 1.807) is 12.1 Å². The van der Waals surface area contributed by atoms with Gasteiger partial charge in [-0.25, -0.2) is 16.8 Å². The van der Waals surface area contributed by atoms with Crippen LogP contribution < -0.4 is 9.46 Å². The highest BCUT2D eigenvalue weighted by Crippen LogP contribution is 2.47.